The van der Waals surface area contributed by atoms with Crippen LogP contribution in [0, 0.1) is 0 Å². The third kappa shape index (κ3) is 8.68. The van der Waals surface area contributed by atoms with Gasteiger partial charge in [0.05, 0.1) is 5.60 Å². The van der Waals surface area contributed by atoms with Gasteiger partial charge < -0.3 is 14.8 Å². The Balaban J connectivity index is 3.64. The van der Waals surface area contributed by atoms with Gasteiger partial charge in [-0.25, -0.2) is 0 Å². The van der Waals surface area contributed by atoms with E-state index in [-0.39, 0.29) is 18.1 Å². The molecule has 0 spiro atoms. The SMILES string of the molecule is CCCCNC(=O)COC(C)(C)CCOC. The lowest BCUT2D eigenvalue weighted by Gasteiger charge is -2.24. The molecule has 0 aromatic heterocycles. The number of unbranched alkanes of at least 4 members (excludes halogenated alkanes) is 1. The molecule has 4 nitrogen and oxygen atoms in total. The molecule has 0 aromatic rings. The number of hydrogen-bond acceptors (Lipinski definition) is 3. The monoisotopic (exact) mass is 231 g/mol. The van der Waals surface area contributed by atoms with Gasteiger partial charge in [-0.05, 0) is 26.7 Å². The Bertz CT molecular complexity index is 193. The van der Waals surface area contributed by atoms with Gasteiger partial charge in [0, 0.05) is 20.3 Å². The molecule has 0 heterocycles. The van der Waals surface area contributed by atoms with Gasteiger partial charge in [0.1, 0.15) is 6.61 Å². The predicted molar refractivity (Wildman–Crippen MR) is 64.4 cm³/mol. The fourth-order valence-electron chi connectivity index (χ4n) is 1.14. The Morgan fingerprint density at radius 1 is 1.38 bits per heavy atom. The number of carbonyl (C=O) groups is 1. The Labute approximate surface area is 98.7 Å². The van der Waals surface area contributed by atoms with Crippen LogP contribution >= 0.6 is 0 Å². The summed E-state index contributed by atoms with van der Waals surface area (Å²) in [5.74, 6) is -0.0426. The Hall–Kier alpha value is -0.610. The van der Waals surface area contributed by atoms with E-state index in [4.69, 9.17) is 9.47 Å². The van der Waals surface area contributed by atoms with Crippen LogP contribution in [0.5, 0.6) is 0 Å². The second kappa shape index (κ2) is 8.53. The van der Waals surface area contributed by atoms with E-state index in [0.717, 1.165) is 25.8 Å². The molecule has 0 radical (unpaired) electrons. The molecule has 0 aliphatic carbocycles. The van der Waals surface area contributed by atoms with Gasteiger partial charge in [0.25, 0.3) is 0 Å². The molecular formula is C12H25NO3. The van der Waals surface area contributed by atoms with E-state index < -0.39 is 0 Å². The summed E-state index contributed by atoms with van der Waals surface area (Å²) in [7, 11) is 1.66. The highest BCUT2D eigenvalue weighted by Crippen LogP contribution is 2.13. The van der Waals surface area contributed by atoms with Gasteiger partial charge in [-0.1, -0.05) is 13.3 Å². The molecule has 0 saturated heterocycles. The summed E-state index contributed by atoms with van der Waals surface area (Å²) in [6.07, 6.45) is 2.88. The Morgan fingerprint density at radius 3 is 2.62 bits per heavy atom. The van der Waals surface area contributed by atoms with E-state index in [1.165, 1.54) is 0 Å². The Morgan fingerprint density at radius 2 is 2.06 bits per heavy atom. The number of nitrogens with one attached hydrogen (secondary N) is 1. The highest BCUT2D eigenvalue weighted by molar-refractivity contribution is 5.77. The van der Waals surface area contributed by atoms with Crippen LogP contribution in [0.25, 0.3) is 0 Å². The van der Waals surface area contributed by atoms with Gasteiger partial charge in [0.2, 0.25) is 5.91 Å². The molecule has 0 fully saturated rings. The van der Waals surface area contributed by atoms with E-state index in [2.05, 4.69) is 12.2 Å². The molecule has 0 atom stereocenters. The first-order valence-corrected chi connectivity index (χ1v) is 5.91. The van der Waals surface area contributed by atoms with Gasteiger partial charge in [-0.2, -0.15) is 0 Å². The molecule has 0 unspecified atom stereocenters. The average Bonchev–Trinajstić information content (AvgIpc) is 2.24. The van der Waals surface area contributed by atoms with Crippen molar-refractivity contribution in [2.75, 3.05) is 26.9 Å². The van der Waals surface area contributed by atoms with E-state index in [1.54, 1.807) is 7.11 Å². The summed E-state index contributed by atoms with van der Waals surface area (Å²) in [4.78, 5) is 11.4. The second-order valence-electron chi connectivity index (χ2n) is 4.49. The van der Waals surface area contributed by atoms with Crippen molar-refractivity contribution >= 4 is 5.91 Å². The molecule has 16 heavy (non-hydrogen) atoms. The van der Waals surface area contributed by atoms with Crippen molar-refractivity contribution in [2.45, 2.75) is 45.6 Å². The quantitative estimate of drug-likeness (QED) is 0.615. The first kappa shape index (κ1) is 15.4. The van der Waals surface area contributed by atoms with Crippen molar-refractivity contribution in [2.24, 2.45) is 0 Å². The predicted octanol–water partition coefficient (Wildman–Crippen LogP) is 1.73. The molecule has 0 aromatic carbocycles. The maximum absolute atomic E-state index is 11.4. The van der Waals surface area contributed by atoms with Crippen LogP contribution < -0.4 is 5.32 Å². The maximum Gasteiger partial charge on any atom is 0.246 e. The van der Waals surface area contributed by atoms with E-state index >= 15 is 0 Å². The van der Waals surface area contributed by atoms with Crippen LogP contribution in [-0.2, 0) is 14.3 Å². The maximum atomic E-state index is 11.4. The molecule has 1 amide bonds. The summed E-state index contributed by atoms with van der Waals surface area (Å²) in [6, 6.07) is 0. The average molecular weight is 231 g/mol. The van der Waals surface area contributed by atoms with Crippen LogP contribution in [0.15, 0.2) is 0 Å². The van der Waals surface area contributed by atoms with E-state index in [0.29, 0.717) is 6.61 Å². The van der Waals surface area contributed by atoms with Gasteiger partial charge in [0.15, 0.2) is 0 Å². The lowest BCUT2D eigenvalue weighted by molar-refractivity contribution is -0.132. The number of hydrogen-bond donors (Lipinski definition) is 1. The third-order valence-corrected chi connectivity index (χ3v) is 2.35. The lowest BCUT2D eigenvalue weighted by atomic mass is 10.1. The summed E-state index contributed by atoms with van der Waals surface area (Å²) in [5.41, 5.74) is -0.307. The number of rotatable bonds is 9. The van der Waals surface area contributed by atoms with Crippen molar-refractivity contribution in [3.8, 4) is 0 Å². The van der Waals surface area contributed by atoms with Gasteiger partial charge in [-0.3, -0.25) is 4.79 Å². The summed E-state index contributed by atoms with van der Waals surface area (Å²) < 4.78 is 10.5. The largest absolute Gasteiger partial charge is 0.385 e. The third-order valence-electron chi connectivity index (χ3n) is 2.35. The topological polar surface area (TPSA) is 47.6 Å². The minimum atomic E-state index is -0.307. The minimum absolute atomic E-state index is 0.0426. The number of methoxy groups -OCH3 is 1. The zero-order chi connectivity index (χ0) is 12.4. The van der Waals surface area contributed by atoms with Gasteiger partial charge >= 0.3 is 0 Å². The number of ether oxygens (including phenoxy) is 2. The first-order valence-electron chi connectivity index (χ1n) is 5.91. The van der Waals surface area contributed by atoms with Crippen molar-refractivity contribution in [1.29, 1.82) is 0 Å². The smallest absolute Gasteiger partial charge is 0.246 e. The summed E-state index contributed by atoms with van der Waals surface area (Å²) in [5, 5.41) is 2.82. The van der Waals surface area contributed by atoms with Crippen molar-refractivity contribution < 1.29 is 14.3 Å². The standard InChI is InChI=1S/C12H25NO3/c1-5-6-8-13-11(14)10-16-12(2,3)7-9-15-4/h5-10H2,1-4H3,(H,13,14). The lowest BCUT2D eigenvalue weighted by Crippen LogP contribution is -2.34. The summed E-state index contributed by atoms with van der Waals surface area (Å²) in [6.45, 7) is 7.52. The number of carbonyl (C=O) groups excluding carboxylic acids is 1. The highest BCUT2D eigenvalue weighted by Gasteiger charge is 2.19. The minimum Gasteiger partial charge on any atom is -0.385 e. The van der Waals surface area contributed by atoms with Gasteiger partial charge in [-0.15, -0.1) is 0 Å². The summed E-state index contributed by atoms with van der Waals surface area (Å²) >= 11 is 0. The fraction of sp³-hybridized carbons (Fsp3) is 0.917. The van der Waals surface area contributed by atoms with Crippen LogP contribution in [-0.4, -0.2) is 38.4 Å². The molecule has 0 bridgehead atoms. The molecule has 0 aliphatic rings. The molecular weight excluding hydrogens is 206 g/mol. The molecule has 0 aliphatic heterocycles. The fourth-order valence-corrected chi connectivity index (χ4v) is 1.14. The number of amides is 1. The van der Waals surface area contributed by atoms with E-state index in [9.17, 15) is 4.79 Å². The zero-order valence-corrected chi connectivity index (χ0v) is 11.0. The van der Waals surface area contributed by atoms with Crippen molar-refractivity contribution in [1.82, 2.24) is 5.32 Å². The normalized spacial score (nSPS) is 11.5. The molecule has 4 heteroatoms. The zero-order valence-electron chi connectivity index (χ0n) is 11.0. The van der Waals surface area contributed by atoms with Crippen LogP contribution in [0.2, 0.25) is 0 Å². The molecule has 0 rings (SSSR count). The van der Waals surface area contributed by atoms with E-state index in [1.807, 2.05) is 13.8 Å². The molecule has 0 saturated carbocycles. The van der Waals surface area contributed by atoms with Crippen LogP contribution in [0.4, 0.5) is 0 Å². The second-order valence-corrected chi connectivity index (χ2v) is 4.49. The highest BCUT2D eigenvalue weighted by atomic mass is 16.5. The first-order chi connectivity index (χ1) is 7.52. The molecule has 96 valence electrons. The van der Waals surface area contributed by atoms with Crippen molar-refractivity contribution in [3.63, 3.8) is 0 Å². The van der Waals surface area contributed by atoms with Crippen LogP contribution in [0.1, 0.15) is 40.0 Å². The van der Waals surface area contributed by atoms with Crippen molar-refractivity contribution in [3.05, 3.63) is 0 Å². The van der Waals surface area contributed by atoms with Crippen LogP contribution in [0.3, 0.4) is 0 Å². The molecule has 1 N–H and O–H groups in total. The Kier molecular flexibility index (Phi) is 8.21.